The maximum atomic E-state index is 13.4. The van der Waals surface area contributed by atoms with Gasteiger partial charge in [0.25, 0.3) is 0 Å². The van der Waals surface area contributed by atoms with Gasteiger partial charge in [-0.25, -0.2) is 0 Å². The van der Waals surface area contributed by atoms with Crippen molar-refractivity contribution in [2.75, 3.05) is 26.2 Å². The standard InChI is InChI=1S/C29H26N4O2/c34-27(20-33-25-12-3-1-10-23(25)29(35)24-11-2-4-13-26(24)33)32-17-15-31(16-18-32)19-22-8-5-7-21-9-6-14-30-28(21)22/h1-14H,15-20H2. The normalized spacial score (nSPS) is 14.7. The maximum absolute atomic E-state index is 13.4. The van der Waals surface area contributed by atoms with Gasteiger partial charge in [-0.05, 0) is 35.9 Å². The van der Waals surface area contributed by atoms with Crippen molar-refractivity contribution in [2.24, 2.45) is 0 Å². The van der Waals surface area contributed by atoms with E-state index in [1.807, 2.05) is 70.3 Å². The number of piperazine rings is 1. The Morgan fingerprint density at radius 3 is 2.14 bits per heavy atom. The minimum absolute atomic E-state index is 0.0106. The summed E-state index contributed by atoms with van der Waals surface area (Å²) >= 11 is 0. The summed E-state index contributed by atoms with van der Waals surface area (Å²) in [5, 5.41) is 2.44. The number of hydrogen-bond acceptors (Lipinski definition) is 4. The van der Waals surface area contributed by atoms with Gasteiger partial charge in [0.15, 0.2) is 5.43 Å². The highest BCUT2D eigenvalue weighted by Gasteiger charge is 2.23. The minimum atomic E-state index is 0.0106. The number of para-hydroxylation sites is 3. The lowest BCUT2D eigenvalue weighted by Gasteiger charge is -2.35. The molecule has 174 valence electrons. The topological polar surface area (TPSA) is 58.4 Å². The predicted molar refractivity (Wildman–Crippen MR) is 139 cm³/mol. The van der Waals surface area contributed by atoms with Crippen molar-refractivity contribution in [3.63, 3.8) is 0 Å². The number of benzene rings is 3. The first-order chi connectivity index (χ1) is 17.2. The number of nitrogens with zero attached hydrogens (tertiary/aromatic N) is 4. The lowest BCUT2D eigenvalue weighted by atomic mass is 10.1. The van der Waals surface area contributed by atoms with Gasteiger partial charge in [0.1, 0.15) is 6.54 Å². The zero-order chi connectivity index (χ0) is 23.8. The highest BCUT2D eigenvalue weighted by Crippen LogP contribution is 2.21. The summed E-state index contributed by atoms with van der Waals surface area (Å²) in [6.07, 6.45) is 1.84. The zero-order valence-electron chi connectivity index (χ0n) is 19.4. The van der Waals surface area contributed by atoms with Crippen LogP contribution in [0, 0.1) is 0 Å². The quantitative estimate of drug-likeness (QED) is 0.378. The molecule has 0 radical (unpaired) electrons. The third kappa shape index (κ3) is 3.96. The van der Waals surface area contributed by atoms with E-state index in [4.69, 9.17) is 0 Å². The average molecular weight is 463 g/mol. The average Bonchev–Trinajstić information content (AvgIpc) is 2.91. The van der Waals surface area contributed by atoms with Gasteiger partial charge < -0.3 is 9.47 Å². The lowest BCUT2D eigenvalue weighted by Crippen LogP contribution is -2.49. The van der Waals surface area contributed by atoms with Crippen molar-refractivity contribution in [2.45, 2.75) is 13.1 Å². The fraction of sp³-hybridized carbons (Fsp3) is 0.207. The van der Waals surface area contributed by atoms with Crippen LogP contribution in [0.1, 0.15) is 5.56 Å². The minimum Gasteiger partial charge on any atom is -0.339 e. The second-order valence-electron chi connectivity index (χ2n) is 9.10. The molecule has 6 heteroatoms. The monoisotopic (exact) mass is 462 g/mol. The summed E-state index contributed by atoms with van der Waals surface area (Å²) in [7, 11) is 0. The fourth-order valence-electron chi connectivity index (χ4n) is 5.17. The summed E-state index contributed by atoms with van der Waals surface area (Å²) in [4.78, 5) is 35.3. The Bertz CT molecular complexity index is 1550. The molecular formula is C29H26N4O2. The van der Waals surface area contributed by atoms with Crippen LogP contribution >= 0.6 is 0 Å². The molecule has 0 saturated carbocycles. The number of aromatic nitrogens is 2. The Morgan fingerprint density at radius 2 is 1.43 bits per heavy atom. The number of hydrogen-bond donors (Lipinski definition) is 0. The van der Waals surface area contributed by atoms with E-state index in [0.29, 0.717) is 23.9 Å². The van der Waals surface area contributed by atoms with Crippen molar-refractivity contribution in [3.05, 3.63) is 101 Å². The molecule has 6 nitrogen and oxygen atoms in total. The van der Waals surface area contributed by atoms with Crippen LogP contribution in [0.25, 0.3) is 32.7 Å². The first kappa shape index (κ1) is 21.5. The smallest absolute Gasteiger partial charge is 0.242 e. The van der Waals surface area contributed by atoms with E-state index in [1.165, 1.54) is 5.56 Å². The molecule has 35 heavy (non-hydrogen) atoms. The highest BCUT2D eigenvalue weighted by atomic mass is 16.2. The highest BCUT2D eigenvalue weighted by molar-refractivity contribution is 5.94. The van der Waals surface area contributed by atoms with Gasteiger partial charge in [0, 0.05) is 55.1 Å². The third-order valence-corrected chi connectivity index (χ3v) is 7.01. The zero-order valence-corrected chi connectivity index (χ0v) is 19.4. The van der Waals surface area contributed by atoms with Gasteiger partial charge in [-0.15, -0.1) is 0 Å². The molecular weight excluding hydrogens is 436 g/mol. The lowest BCUT2D eigenvalue weighted by molar-refractivity contribution is -0.133. The number of carbonyl (C=O) groups is 1. The Labute approximate surface area is 203 Å². The van der Waals surface area contributed by atoms with E-state index in [0.717, 1.165) is 41.6 Å². The molecule has 1 fully saturated rings. The number of carbonyl (C=O) groups excluding carboxylic acids is 1. The van der Waals surface area contributed by atoms with Crippen molar-refractivity contribution in [1.82, 2.24) is 19.4 Å². The molecule has 1 aliphatic heterocycles. The van der Waals surface area contributed by atoms with E-state index in [9.17, 15) is 9.59 Å². The van der Waals surface area contributed by atoms with E-state index in [1.54, 1.807) is 0 Å². The molecule has 3 heterocycles. The molecule has 0 spiro atoms. The molecule has 3 aromatic carbocycles. The molecule has 1 saturated heterocycles. The summed E-state index contributed by atoms with van der Waals surface area (Å²) in [5.41, 5.74) is 3.87. The molecule has 1 amide bonds. The second kappa shape index (κ2) is 8.96. The molecule has 0 atom stereocenters. The molecule has 5 aromatic rings. The first-order valence-corrected chi connectivity index (χ1v) is 12.0. The molecule has 6 rings (SSSR count). The van der Waals surface area contributed by atoms with Gasteiger partial charge in [-0.3, -0.25) is 19.5 Å². The first-order valence-electron chi connectivity index (χ1n) is 12.0. The number of fused-ring (bicyclic) bond motifs is 3. The summed E-state index contributed by atoms with van der Waals surface area (Å²) in [6, 6.07) is 25.5. The van der Waals surface area contributed by atoms with Crippen LogP contribution < -0.4 is 5.43 Å². The Kier molecular flexibility index (Phi) is 5.51. The molecule has 0 unspecified atom stereocenters. The van der Waals surface area contributed by atoms with Crippen LogP contribution in [0.3, 0.4) is 0 Å². The van der Waals surface area contributed by atoms with Crippen LogP contribution in [0.5, 0.6) is 0 Å². The number of amides is 1. The maximum Gasteiger partial charge on any atom is 0.242 e. The molecule has 0 aliphatic carbocycles. The van der Waals surface area contributed by atoms with Gasteiger partial charge in [0.2, 0.25) is 5.91 Å². The summed E-state index contributed by atoms with van der Waals surface area (Å²) < 4.78 is 1.99. The van der Waals surface area contributed by atoms with E-state index in [-0.39, 0.29) is 17.9 Å². The second-order valence-corrected chi connectivity index (χ2v) is 9.10. The van der Waals surface area contributed by atoms with E-state index >= 15 is 0 Å². The van der Waals surface area contributed by atoms with Crippen molar-refractivity contribution < 1.29 is 4.79 Å². The van der Waals surface area contributed by atoms with Crippen molar-refractivity contribution >= 4 is 38.6 Å². The van der Waals surface area contributed by atoms with Crippen LogP contribution in [0.2, 0.25) is 0 Å². The molecule has 0 N–H and O–H groups in total. The number of pyridine rings is 2. The van der Waals surface area contributed by atoms with Crippen molar-refractivity contribution in [1.29, 1.82) is 0 Å². The molecule has 1 aliphatic rings. The molecule has 0 bridgehead atoms. The van der Waals surface area contributed by atoms with Crippen LogP contribution in [-0.2, 0) is 17.9 Å². The van der Waals surface area contributed by atoms with Crippen molar-refractivity contribution in [3.8, 4) is 0 Å². The fourth-order valence-corrected chi connectivity index (χ4v) is 5.17. The predicted octanol–water partition coefficient (Wildman–Crippen LogP) is 4.05. The Hall–Kier alpha value is -4.03. The van der Waals surface area contributed by atoms with E-state index < -0.39 is 0 Å². The van der Waals surface area contributed by atoms with Gasteiger partial charge in [0.05, 0.1) is 16.6 Å². The molecule has 2 aromatic heterocycles. The van der Waals surface area contributed by atoms with Gasteiger partial charge in [-0.2, -0.15) is 0 Å². The summed E-state index contributed by atoms with van der Waals surface area (Å²) in [5.74, 6) is 0.0791. The van der Waals surface area contributed by atoms with E-state index in [2.05, 4.69) is 34.1 Å². The Morgan fingerprint density at radius 1 is 0.771 bits per heavy atom. The summed E-state index contributed by atoms with van der Waals surface area (Å²) in [6.45, 7) is 4.06. The number of rotatable bonds is 4. The van der Waals surface area contributed by atoms with Gasteiger partial charge in [-0.1, -0.05) is 48.5 Å². The largest absolute Gasteiger partial charge is 0.339 e. The SMILES string of the molecule is O=C(Cn1c2ccccc2c(=O)c2ccccc21)N1CCN(Cc2cccc3cccnc23)CC1. The Balaban J connectivity index is 1.20. The van der Waals surface area contributed by atoms with Gasteiger partial charge >= 0.3 is 0 Å². The van der Waals surface area contributed by atoms with Crippen LogP contribution in [0.4, 0.5) is 0 Å². The van der Waals surface area contributed by atoms with Crippen LogP contribution in [-0.4, -0.2) is 51.4 Å². The van der Waals surface area contributed by atoms with Crippen LogP contribution in [0.15, 0.2) is 89.9 Å². The third-order valence-electron chi connectivity index (χ3n) is 7.01.